The molecule has 8 nitrogen and oxygen atoms in total. The third-order valence-electron chi connectivity index (χ3n) is 5.97. The molecule has 5 aromatic rings. The van der Waals surface area contributed by atoms with Gasteiger partial charge in [0.25, 0.3) is 5.91 Å². The Hall–Kier alpha value is -4.72. The van der Waals surface area contributed by atoms with E-state index in [0.29, 0.717) is 35.2 Å². The highest BCUT2D eigenvalue weighted by molar-refractivity contribution is 6.10. The fraction of sp³-hybridized carbons (Fsp3) is 0.143. The Balaban J connectivity index is 1.51. The van der Waals surface area contributed by atoms with E-state index < -0.39 is 0 Å². The van der Waals surface area contributed by atoms with Gasteiger partial charge < -0.3 is 16.0 Å². The van der Waals surface area contributed by atoms with E-state index in [1.165, 1.54) is 4.68 Å². The van der Waals surface area contributed by atoms with Crippen LogP contribution in [0.1, 0.15) is 21.5 Å². The number of nitrogens with zero attached hydrogens (tertiary/aromatic N) is 5. The minimum atomic E-state index is -0.303. The van der Waals surface area contributed by atoms with Crippen molar-refractivity contribution in [3.05, 3.63) is 95.6 Å². The van der Waals surface area contributed by atoms with Crippen LogP contribution in [0.15, 0.2) is 84.0 Å². The predicted molar refractivity (Wildman–Crippen MR) is 146 cm³/mol. The number of hydrogen-bond donors (Lipinski definition) is 2. The molecule has 2 aromatic heterocycles. The molecule has 0 aliphatic heterocycles. The summed E-state index contributed by atoms with van der Waals surface area (Å²) in [6, 6.07) is 25.5. The molecule has 8 heteroatoms. The van der Waals surface area contributed by atoms with Crippen molar-refractivity contribution in [2.24, 2.45) is 5.10 Å². The number of fused-ring (bicyclic) bond motifs is 2. The summed E-state index contributed by atoms with van der Waals surface area (Å²) in [6.07, 6.45) is 2.41. The lowest BCUT2D eigenvalue weighted by molar-refractivity contribution is 0.0956. The van der Waals surface area contributed by atoms with Crippen LogP contribution in [0, 0.1) is 0 Å². The number of para-hydroxylation sites is 2. The fourth-order valence-corrected chi connectivity index (χ4v) is 4.02. The van der Waals surface area contributed by atoms with Gasteiger partial charge in [0, 0.05) is 26.3 Å². The number of rotatable bonds is 7. The molecule has 36 heavy (non-hydrogen) atoms. The van der Waals surface area contributed by atoms with E-state index in [0.717, 1.165) is 16.8 Å². The Morgan fingerprint density at radius 1 is 0.972 bits per heavy atom. The summed E-state index contributed by atoms with van der Waals surface area (Å²) in [4.78, 5) is 24.8. The molecule has 3 aromatic carbocycles. The van der Waals surface area contributed by atoms with Gasteiger partial charge in [-0.1, -0.05) is 54.6 Å². The average molecular weight is 478 g/mol. The number of nitrogen functional groups attached to an aromatic ring is 1. The number of aromatic nitrogens is 3. The van der Waals surface area contributed by atoms with E-state index in [-0.39, 0.29) is 17.3 Å². The quantitative estimate of drug-likeness (QED) is 0.344. The van der Waals surface area contributed by atoms with Crippen molar-refractivity contribution in [1.29, 1.82) is 0 Å². The van der Waals surface area contributed by atoms with Crippen molar-refractivity contribution in [2.45, 2.75) is 6.42 Å². The van der Waals surface area contributed by atoms with Gasteiger partial charge in [0.1, 0.15) is 16.9 Å². The van der Waals surface area contributed by atoms with Gasteiger partial charge in [-0.15, -0.1) is 0 Å². The third-order valence-corrected chi connectivity index (χ3v) is 5.97. The van der Waals surface area contributed by atoms with Crippen LogP contribution in [0.3, 0.4) is 0 Å². The van der Waals surface area contributed by atoms with Crippen molar-refractivity contribution in [3.8, 4) is 0 Å². The molecule has 0 bridgehead atoms. The SMILES string of the molecule is CN(C)c1ccc(/C=N\n2c(N)c(C(=O)NCCc3ccccc3)c3nc4ccccc4nc32)cc1. The summed E-state index contributed by atoms with van der Waals surface area (Å²) in [7, 11) is 3.98. The zero-order valence-corrected chi connectivity index (χ0v) is 20.2. The lowest BCUT2D eigenvalue weighted by Gasteiger charge is -2.11. The molecule has 0 fully saturated rings. The molecule has 3 N–H and O–H groups in total. The molecule has 0 unspecified atom stereocenters. The molecular formula is C28H27N7O. The first kappa shape index (κ1) is 23.0. The predicted octanol–water partition coefficient (Wildman–Crippen LogP) is 4.09. The van der Waals surface area contributed by atoms with E-state index in [2.05, 4.69) is 10.4 Å². The van der Waals surface area contributed by atoms with Gasteiger partial charge in [0.15, 0.2) is 5.65 Å². The maximum absolute atomic E-state index is 13.3. The Bertz CT molecular complexity index is 1550. The number of nitrogens with one attached hydrogen (secondary N) is 1. The summed E-state index contributed by atoms with van der Waals surface area (Å²) in [5.41, 5.74) is 12.1. The Morgan fingerprint density at radius 3 is 2.33 bits per heavy atom. The van der Waals surface area contributed by atoms with Crippen molar-refractivity contribution >= 4 is 45.8 Å². The van der Waals surface area contributed by atoms with Crippen molar-refractivity contribution < 1.29 is 4.79 Å². The minimum absolute atomic E-state index is 0.193. The fourth-order valence-electron chi connectivity index (χ4n) is 4.02. The molecule has 0 atom stereocenters. The van der Waals surface area contributed by atoms with Gasteiger partial charge in [0.05, 0.1) is 17.2 Å². The first-order valence-electron chi connectivity index (χ1n) is 11.7. The highest BCUT2D eigenvalue weighted by Gasteiger charge is 2.23. The number of carbonyl (C=O) groups excluding carboxylic acids is 1. The molecule has 180 valence electrons. The van der Waals surface area contributed by atoms with Crippen LogP contribution in [0.4, 0.5) is 11.5 Å². The number of carbonyl (C=O) groups is 1. The largest absolute Gasteiger partial charge is 0.383 e. The van der Waals surface area contributed by atoms with Crippen LogP contribution in [0.2, 0.25) is 0 Å². The van der Waals surface area contributed by atoms with Gasteiger partial charge in [-0.3, -0.25) is 4.79 Å². The normalized spacial score (nSPS) is 11.4. The average Bonchev–Trinajstić information content (AvgIpc) is 3.16. The molecular weight excluding hydrogens is 450 g/mol. The molecule has 0 aliphatic rings. The summed E-state index contributed by atoms with van der Waals surface area (Å²) >= 11 is 0. The Labute approximate surface area is 209 Å². The summed E-state index contributed by atoms with van der Waals surface area (Å²) in [5.74, 6) is -0.110. The van der Waals surface area contributed by atoms with Gasteiger partial charge >= 0.3 is 0 Å². The first-order chi connectivity index (χ1) is 17.5. The van der Waals surface area contributed by atoms with Crippen LogP contribution < -0.4 is 16.0 Å². The van der Waals surface area contributed by atoms with Crippen molar-refractivity contribution in [2.75, 3.05) is 31.3 Å². The van der Waals surface area contributed by atoms with Crippen LogP contribution in [0.5, 0.6) is 0 Å². The highest BCUT2D eigenvalue weighted by atomic mass is 16.1. The second-order valence-corrected chi connectivity index (χ2v) is 8.68. The van der Waals surface area contributed by atoms with Gasteiger partial charge in [-0.2, -0.15) is 9.78 Å². The molecule has 0 radical (unpaired) electrons. The second-order valence-electron chi connectivity index (χ2n) is 8.68. The van der Waals surface area contributed by atoms with Crippen molar-refractivity contribution in [1.82, 2.24) is 20.0 Å². The lowest BCUT2D eigenvalue weighted by atomic mass is 10.1. The molecule has 1 amide bonds. The smallest absolute Gasteiger partial charge is 0.257 e. The van der Waals surface area contributed by atoms with Crippen LogP contribution in [0.25, 0.3) is 22.2 Å². The Kier molecular flexibility index (Phi) is 6.32. The van der Waals surface area contributed by atoms with Gasteiger partial charge in [-0.05, 0) is 41.8 Å². The Morgan fingerprint density at radius 2 is 1.64 bits per heavy atom. The van der Waals surface area contributed by atoms with E-state index in [1.54, 1.807) is 6.21 Å². The van der Waals surface area contributed by atoms with E-state index in [9.17, 15) is 4.79 Å². The topological polar surface area (TPSA) is 101 Å². The zero-order valence-electron chi connectivity index (χ0n) is 20.2. The molecule has 0 spiro atoms. The number of hydrogen-bond acceptors (Lipinski definition) is 6. The summed E-state index contributed by atoms with van der Waals surface area (Å²) in [6.45, 7) is 0.470. The standard InChI is InChI=1S/C28H27N7O/c1-34(2)21-14-12-20(13-15-21)18-31-35-26(29)24(28(36)30-17-16-19-8-4-3-5-9-19)25-27(35)33-23-11-7-6-10-22(23)32-25/h3-15,18H,16-17,29H2,1-2H3,(H,30,36)/b31-18-. The minimum Gasteiger partial charge on any atom is -0.383 e. The lowest BCUT2D eigenvalue weighted by Crippen LogP contribution is -2.26. The molecule has 5 rings (SSSR count). The van der Waals surface area contributed by atoms with E-state index in [4.69, 9.17) is 15.7 Å². The molecule has 0 aliphatic carbocycles. The summed E-state index contributed by atoms with van der Waals surface area (Å²) in [5, 5.41) is 7.56. The van der Waals surface area contributed by atoms with Crippen molar-refractivity contribution in [3.63, 3.8) is 0 Å². The zero-order chi connectivity index (χ0) is 25.1. The van der Waals surface area contributed by atoms with Crippen LogP contribution in [-0.4, -0.2) is 47.4 Å². The third kappa shape index (κ3) is 4.61. The van der Waals surface area contributed by atoms with E-state index >= 15 is 0 Å². The monoisotopic (exact) mass is 477 g/mol. The van der Waals surface area contributed by atoms with Crippen LogP contribution in [-0.2, 0) is 6.42 Å². The number of amides is 1. The van der Waals surface area contributed by atoms with Gasteiger partial charge in [-0.25, -0.2) is 9.97 Å². The number of nitrogens with two attached hydrogens (primary N) is 1. The number of anilines is 2. The summed E-state index contributed by atoms with van der Waals surface area (Å²) < 4.78 is 1.49. The first-order valence-corrected chi connectivity index (χ1v) is 11.7. The number of benzene rings is 3. The maximum atomic E-state index is 13.3. The van der Waals surface area contributed by atoms with Gasteiger partial charge in [0.2, 0.25) is 0 Å². The highest BCUT2D eigenvalue weighted by Crippen LogP contribution is 2.28. The molecule has 0 saturated heterocycles. The van der Waals surface area contributed by atoms with E-state index in [1.807, 2.05) is 97.9 Å². The second kappa shape index (κ2) is 9.87. The maximum Gasteiger partial charge on any atom is 0.257 e. The molecule has 2 heterocycles. The van der Waals surface area contributed by atoms with Crippen LogP contribution >= 0.6 is 0 Å². The molecule has 0 saturated carbocycles.